The number of hydrogen-bond donors (Lipinski definition) is 0. The highest BCUT2D eigenvalue weighted by Gasteiger charge is 2.41. The second kappa shape index (κ2) is 19.2. The van der Waals surface area contributed by atoms with Gasteiger partial charge in [0.05, 0.1) is 45.4 Å². The van der Waals surface area contributed by atoms with Crippen molar-refractivity contribution in [3.63, 3.8) is 0 Å². The van der Waals surface area contributed by atoms with Crippen LogP contribution in [-0.4, -0.2) is 78.5 Å². The monoisotopic (exact) mass is 843 g/mol. The molecule has 9 nitrogen and oxygen atoms in total. The van der Waals surface area contributed by atoms with Crippen LogP contribution in [0.25, 0.3) is 22.0 Å². The number of nitrogens with zero attached hydrogens (tertiary/aromatic N) is 5. The van der Waals surface area contributed by atoms with Crippen LogP contribution >= 0.6 is 23.2 Å². The molecular weight excluding hydrogens is 781 g/mol. The van der Waals surface area contributed by atoms with Crippen LogP contribution in [0, 0.1) is 26.7 Å². The standard InChI is InChI=1S/C46H57Cl2N5O4.C2H6/c1-27-20-34-24-39(32(6)55)51(8)45(34)40(21-27)50(7)15-16-52-41(26-54)36(10-9-17-57-35-22-28(2)44(48)29(3)23-35)37-11-12-38(47)43(46(37)52)42-30(4)49-53(31(42)5)25-33-13-18-56-19-14-33;1-2/h11-12,20-22,24,26,33,35-36,41H,9-10,13-19,23,25H2,1-8H3;1-2H3. The average molecular weight is 845 g/mol. The van der Waals surface area contributed by atoms with E-state index in [0.29, 0.717) is 36.3 Å². The lowest BCUT2D eigenvalue weighted by molar-refractivity contribution is -0.109. The zero-order valence-corrected chi connectivity index (χ0v) is 38.3. The van der Waals surface area contributed by atoms with Crippen molar-refractivity contribution in [2.45, 2.75) is 112 Å². The first-order valence-electron chi connectivity index (χ1n) is 21.4. The van der Waals surface area contributed by atoms with Gasteiger partial charge in [0.1, 0.15) is 6.29 Å². The Balaban J connectivity index is 0.00000288. The number of Topliss-reactive ketones (excluding diaryl/α,β-unsaturated/α-hetero) is 1. The molecule has 1 fully saturated rings. The van der Waals surface area contributed by atoms with Crippen molar-refractivity contribution in [3.05, 3.63) is 85.8 Å². The van der Waals surface area contributed by atoms with Gasteiger partial charge in [-0.05, 0) is 114 Å². The summed E-state index contributed by atoms with van der Waals surface area (Å²) in [5.74, 6) is 0.497. The van der Waals surface area contributed by atoms with Crippen molar-refractivity contribution in [1.29, 1.82) is 0 Å². The number of aryl methyl sites for hydroxylation is 3. The summed E-state index contributed by atoms with van der Waals surface area (Å²) in [7, 11) is 4.05. The van der Waals surface area contributed by atoms with E-state index in [2.05, 4.69) is 73.5 Å². The molecule has 7 rings (SSSR count). The van der Waals surface area contributed by atoms with Gasteiger partial charge in [-0.3, -0.25) is 9.48 Å². The molecule has 59 heavy (non-hydrogen) atoms. The van der Waals surface area contributed by atoms with Gasteiger partial charge >= 0.3 is 0 Å². The number of anilines is 2. The Hall–Kier alpha value is -3.89. The third kappa shape index (κ3) is 9.09. The summed E-state index contributed by atoms with van der Waals surface area (Å²) < 4.78 is 16.2. The Morgan fingerprint density at radius 2 is 1.78 bits per heavy atom. The van der Waals surface area contributed by atoms with E-state index < -0.39 is 0 Å². The predicted molar refractivity (Wildman–Crippen MR) is 244 cm³/mol. The molecule has 0 amide bonds. The number of allylic oxidation sites excluding steroid dienone is 2. The van der Waals surface area contributed by atoms with E-state index in [-0.39, 0.29) is 23.8 Å². The number of aldehydes is 1. The zero-order valence-electron chi connectivity index (χ0n) is 36.8. The minimum Gasteiger partial charge on any atom is -0.381 e. The molecule has 0 spiro atoms. The number of benzene rings is 2. The van der Waals surface area contributed by atoms with Gasteiger partial charge in [-0.1, -0.05) is 54.8 Å². The van der Waals surface area contributed by atoms with Crippen LogP contribution in [0.1, 0.15) is 106 Å². The van der Waals surface area contributed by atoms with Gasteiger partial charge in [-0.25, -0.2) is 0 Å². The topological polar surface area (TPSA) is 81.8 Å². The third-order valence-electron chi connectivity index (χ3n) is 12.5. The van der Waals surface area contributed by atoms with E-state index in [1.165, 1.54) is 0 Å². The molecule has 1 aliphatic carbocycles. The highest BCUT2D eigenvalue weighted by Crippen LogP contribution is 2.51. The van der Waals surface area contributed by atoms with Gasteiger partial charge in [-0.15, -0.1) is 0 Å². The molecule has 0 N–H and O–H groups in total. The number of hydrogen-bond acceptors (Lipinski definition) is 7. The van der Waals surface area contributed by atoms with E-state index >= 15 is 0 Å². The average Bonchev–Trinajstić information content (AvgIpc) is 3.81. The molecule has 2 aromatic heterocycles. The van der Waals surface area contributed by atoms with Crippen molar-refractivity contribution < 1.29 is 19.1 Å². The summed E-state index contributed by atoms with van der Waals surface area (Å²) in [4.78, 5) is 30.5. The Kier molecular flexibility index (Phi) is 14.5. The fourth-order valence-corrected chi connectivity index (χ4v) is 9.95. The molecule has 3 aliphatic rings. The number of aromatic nitrogens is 3. The number of carbonyl (C=O) groups is 2. The molecule has 318 valence electrons. The van der Waals surface area contributed by atoms with E-state index in [9.17, 15) is 9.59 Å². The first-order valence-corrected chi connectivity index (χ1v) is 22.2. The first kappa shape index (κ1) is 44.7. The Labute approximate surface area is 361 Å². The molecule has 2 aliphatic heterocycles. The zero-order chi connectivity index (χ0) is 42.7. The van der Waals surface area contributed by atoms with Crippen LogP contribution in [-0.2, 0) is 27.9 Å². The van der Waals surface area contributed by atoms with Crippen LogP contribution in [0.15, 0.2) is 52.6 Å². The van der Waals surface area contributed by atoms with E-state index in [1.807, 2.05) is 44.5 Å². The summed E-state index contributed by atoms with van der Waals surface area (Å²) >= 11 is 13.7. The maximum absolute atomic E-state index is 13.4. The smallest absolute Gasteiger partial charge is 0.176 e. The highest BCUT2D eigenvalue weighted by molar-refractivity contribution is 6.34. The van der Waals surface area contributed by atoms with Crippen molar-refractivity contribution in [2.75, 3.05) is 49.8 Å². The van der Waals surface area contributed by atoms with Crippen molar-refractivity contribution in [3.8, 4) is 11.1 Å². The Bertz CT molecular complexity index is 2250. The molecule has 4 heterocycles. The van der Waals surface area contributed by atoms with Gasteiger partial charge < -0.3 is 28.6 Å². The quantitative estimate of drug-likeness (QED) is 0.0710. The summed E-state index contributed by atoms with van der Waals surface area (Å²) in [5.41, 5.74) is 12.2. The lowest BCUT2D eigenvalue weighted by atomic mass is 9.89. The number of carbonyl (C=O) groups excluding carboxylic acids is 2. The first-order chi connectivity index (χ1) is 28.3. The number of rotatable bonds is 14. The number of halogens is 2. The lowest BCUT2D eigenvalue weighted by Gasteiger charge is -2.31. The second-order valence-corrected chi connectivity index (χ2v) is 17.3. The van der Waals surface area contributed by atoms with Crippen LogP contribution < -0.4 is 9.80 Å². The maximum atomic E-state index is 13.4. The number of ether oxygens (including phenoxy) is 2. The van der Waals surface area contributed by atoms with Crippen LogP contribution in [0.4, 0.5) is 11.4 Å². The number of likely N-dealkylation sites (N-methyl/N-ethyl adjacent to an activating group) is 1. The summed E-state index contributed by atoms with van der Waals surface area (Å²) in [6, 6.07) is 10.0. The van der Waals surface area contributed by atoms with Gasteiger partial charge in [0.2, 0.25) is 0 Å². The molecule has 0 radical (unpaired) electrons. The minimum atomic E-state index is -0.388. The maximum Gasteiger partial charge on any atom is 0.176 e. The fourth-order valence-electron chi connectivity index (χ4n) is 9.56. The minimum absolute atomic E-state index is 0.00450. The Morgan fingerprint density at radius 3 is 2.46 bits per heavy atom. The summed E-state index contributed by atoms with van der Waals surface area (Å²) in [6.07, 6.45) is 7.66. The summed E-state index contributed by atoms with van der Waals surface area (Å²) in [5, 5.41) is 7.61. The molecular formula is C48H63Cl2N5O4. The molecule has 0 bridgehead atoms. The van der Waals surface area contributed by atoms with Crippen LogP contribution in [0.2, 0.25) is 5.02 Å². The molecule has 0 saturated carbocycles. The lowest BCUT2D eigenvalue weighted by Crippen LogP contribution is -2.41. The van der Waals surface area contributed by atoms with Crippen molar-refractivity contribution in [1.82, 2.24) is 14.3 Å². The van der Waals surface area contributed by atoms with Crippen molar-refractivity contribution >= 4 is 57.5 Å². The van der Waals surface area contributed by atoms with E-state index in [0.717, 1.165) is 130 Å². The van der Waals surface area contributed by atoms with Crippen LogP contribution in [0.3, 0.4) is 0 Å². The molecule has 3 unspecified atom stereocenters. The van der Waals surface area contributed by atoms with Gasteiger partial charge in [0, 0.05) is 93.6 Å². The van der Waals surface area contributed by atoms with Crippen LogP contribution in [0.5, 0.6) is 0 Å². The molecule has 4 aromatic rings. The normalized spacial score (nSPS) is 19.5. The van der Waals surface area contributed by atoms with E-state index in [1.54, 1.807) is 6.92 Å². The molecule has 1 saturated heterocycles. The number of fused-ring (bicyclic) bond motifs is 2. The van der Waals surface area contributed by atoms with E-state index in [4.69, 9.17) is 37.8 Å². The fraction of sp³-hybridized carbons (Fsp3) is 0.521. The largest absolute Gasteiger partial charge is 0.381 e. The Morgan fingerprint density at radius 1 is 1.05 bits per heavy atom. The van der Waals surface area contributed by atoms with Crippen molar-refractivity contribution in [2.24, 2.45) is 13.0 Å². The predicted octanol–water partition coefficient (Wildman–Crippen LogP) is 10.9. The SMILES string of the molecule is CC.CC(=O)c1cc2cc(C)cc(N(C)CCN3c4c(ccc(Cl)c4-c4c(C)nn(CC5CCOCC5)c4C)C(CCCOC4C=C(C)C(Cl)=C(C)C4)C3C=O)c2n1C. The second-order valence-electron chi connectivity index (χ2n) is 16.6. The third-order valence-corrected chi connectivity index (χ3v) is 13.5. The molecule has 2 aromatic carbocycles. The molecule has 11 heteroatoms. The summed E-state index contributed by atoms with van der Waals surface area (Å²) in [6.45, 7) is 20.2. The van der Waals surface area contributed by atoms with Gasteiger partial charge in [0.25, 0.3) is 0 Å². The highest BCUT2D eigenvalue weighted by atomic mass is 35.5. The number of ketones is 1. The molecule has 3 atom stereocenters. The van der Waals surface area contributed by atoms with Gasteiger partial charge in [-0.2, -0.15) is 5.10 Å². The van der Waals surface area contributed by atoms with Gasteiger partial charge in [0.15, 0.2) is 5.78 Å².